The zero-order valence-electron chi connectivity index (χ0n) is 8.53. The third-order valence-electron chi connectivity index (χ3n) is 2.58. The highest BCUT2D eigenvalue weighted by Gasteiger charge is 2.08. The van der Waals surface area contributed by atoms with Crippen LogP contribution < -0.4 is 5.73 Å². The van der Waals surface area contributed by atoms with Gasteiger partial charge in [-0.05, 0) is 17.9 Å². The average Bonchev–Trinajstić information content (AvgIpc) is 2.19. The Hall–Kier alpha value is -0.820. The van der Waals surface area contributed by atoms with Crippen molar-refractivity contribution in [3.8, 4) is 0 Å². The van der Waals surface area contributed by atoms with E-state index in [9.17, 15) is 0 Å². The van der Waals surface area contributed by atoms with Crippen molar-refractivity contribution in [3.05, 3.63) is 35.9 Å². The Kier molecular flexibility index (Phi) is 3.97. The van der Waals surface area contributed by atoms with Crippen LogP contribution in [0.3, 0.4) is 0 Å². The first-order valence-corrected chi connectivity index (χ1v) is 5.04. The van der Waals surface area contributed by atoms with E-state index in [2.05, 4.69) is 26.0 Å². The molecule has 1 rings (SSSR count). The molecule has 0 aliphatic rings. The molecule has 0 saturated carbocycles. The van der Waals surface area contributed by atoms with Crippen LogP contribution in [0, 0.1) is 5.92 Å². The molecule has 0 aromatic heterocycles. The third kappa shape index (κ3) is 3.19. The van der Waals surface area contributed by atoms with Crippen LogP contribution in [0.15, 0.2) is 30.3 Å². The number of nitrogens with two attached hydrogens (primary N) is 1. The second-order valence-corrected chi connectivity index (χ2v) is 3.77. The summed E-state index contributed by atoms with van der Waals surface area (Å²) < 4.78 is 0. The molecule has 1 aromatic rings. The standard InChI is InChI=1S/C12H19N/c1-3-10(2)9-12(13)11-7-5-4-6-8-11/h4-8,10,12H,3,9,13H2,1-2H3/t10-,12+/m1/s1. The molecule has 0 unspecified atom stereocenters. The van der Waals surface area contributed by atoms with E-state index in [1.54, 1.807) is 0 Å². The molecule has 0 amide bonds. The molecule has 1 aromatic carbocycles. The second-order valence-electron chi connectivity index (χ2n) is 3.77. The quantitative estimate of drug-likeness (QED) is 0.751. The van der Waals surface area contributed by atoms with E-state index in [0.29, 0.717) is 0 Å². The van der Waals surface area contributed by atoms with Crippen LogP contribution in [0.25, 0.3) is 0 Å². The molecule has 2 atom stereocenters. The number of benzene rings is 1. The highest BCUT2D eigenvalue weighted by Crippen LogP contribution is 2.19. The minimum absolute atomic E-state index is 0.205. The number of hydrogen-bond acceptors (Lipinski definition) is 1. The van der Waals surface area contributed by atoms with Crippen LogP contribution in [-0.2, 0) is 0 Å². The fourth-order valence-electron chi connectivity index (χ4n) is 1.44. The Morgan fingerprint density at radius 2 is 1.85 bits per heavy atom. The predicted octanol–water partition coefficient (Wildman–Crippen LogP) is 3.12. The van der Waals surface area contributed by atoms with Crippen molar-refractivity contribution in [1.29, 1.82) is 0 Å². The smallest absolute Gasteiger partial charge is 0.0297 e. The zero-order valence-corrected chi connectivity index (χ0v) is 8.53. The summed E-state index contributed by atoms with van der Waals surface area (Å²) in [5, 5.41) is 0. The molecule has 0 aliphatic heterocycles. The zero-order chi connectivity index (χ0) is 9.68. The molecule has 0 spiro atoms. The topological polar surface area (TPSA) is 26.0 Å². The normalized spacial score (nSPS) is 15.3. The van der Waals surface area contributed by atoms with Crippen molar-refractivity contribution >= 4 is 0 Å². The van der Waals surface area contributed by atoms with Gasteiger partial charge in [0.15, 0.2) is 0 Å². The Labute approximate surface area is 81.0 Å². The minimum atomic E-state index is 0.205. The monoisotopic (exact) mass is 177 g/mol. The SMILES string of the molecule is CC[C@@H](C)C[C@H](N)c1ccccc1. The lowest BCUT2D eigenvalue weighted by Crippen LogP contribution is -2.13. The van der Waals surface area contributed by atoms with E-state index in [1.807, 2.05) is 18.2 Å². The Morgan fingerprint density at radius 1 is 1.23 bits per heavy atom. The van der Waals surface area contributed by atoms with Crippen molar-refractivity contribution in [2.24, 2.45) is 11.7 Å². The van der Waals surface area contributed by atoms with Gasteiger partial charge in [-0.15, -0.1) is 0 Å². The van der Waals surface area contributed by atoms with Crippen LogP contribution >= 0.6 is 0 Å². The van der Waals surface area contributed by atoms with Gasteiger partial charge in [-0.3, -0.25) is 0 Å². The Bertz CT molecular complexity index is 230. The van der Waals surface area contributed by atoms with Crippen LogP contribution in [0.4, 0.5) is 0 Å². The summed E-state index contributed by atoms with van der Waals surface area (Å²) in [6.45, 7) is 4.46. The average molecular weight is 177 g/mol. The first-order chi connectivity index (χ1) is 6.24. The maximum absolute atomic E-state index is 6.07. The molecule has 0 fully saturated rings. The molecule has 0 saturated heterocycles. The van der Waals surface area contributed by atoms with Gasteiger partial charge in [0.1, 0.15) is 0 Å². The molecular weight excluding hydrogens is 158 g/mol. The summed E-state index contributed by atoms with van der Waals surface area (Å²) in [4.78, 5) is 0. The van der Waals surface area contributed by atoms with Gasteiger partial charge in [0.2, 0.25) is 0 Å². The van der Waals surface area contributed by atoms with Gasteiger partial charge < -0.3 is 5.73 Å². The van der Waals surface area contributed by atoms with Gasteiger partial charge in [-0.25, -0.2) is 0 Å². The van der Waals surface area contributed by atoms with Crippen molar-refractivity contribution in [2.45, 2.75) is 32.7 Å². The first-order valence-electron chi connectivity index (χ1n) is 5.04. The van der Waals surface area contributed by atoms with Crippen molar-refractivity contribution in [3.63, 3.8) is 0 Å². The van der Waals surface area contributed by atoms with Crippen LogP contribution in [-0.4, -0.2) is 0 Å². The highest BCUT2D eigenvalue weighted by atomic mass is 14.6. The van der Waals surface area contributed by atoms with Gasteiger partial charge in [0.05, 0.1) is 0 Å². The van der Waals surface area contributed by atoms with Gasteiger partial charge in [-0.2, -0.15) is 0 Å². The molecule has 13 heavy (non-hydrogen) atoms. The van der Waals surface area contributed by atoms with E-state index < -0.39 is 0 Å². The van der Waals surface area contributed by atoms with Crippen molar-refractivity contribution < 1.29 is 0 Å². The van der Waals surface area contributed by atoms with Gasteiger partial charge in [0, 0.05) is 6.04 Å². The largest absolute Gasteiger partial charge is 0.324 e. The van der Waals surface area contributed by atoms with E-state index in [-0.39, 0.29) is 6.04 Å². The lowest BCUT2D eigenvalue weighted by molar-refractivity contribution is 0.461. The molecule has 0 radical (unpaired) electrons. The lowest BCUT2D eigenvalue weighted by atomic mass is 9.95. The fourth-order valence-corrected chi connectivity index (χ4v) is 1.44. The Balaban J connectivity index is 2.53. The summed E-state index contributed by atoms with van der Waals surface area (Å²) in [6, 6.07) is 10.5. The summed E-state index contributed by atoms with van der Waals surface area (Å²) in [7, 11) is 0. The van der Waals surface area contributed by atoms with Crippen molar-refractivity contribution in [2.75, 3.05) is 0 Å². The van der Waals surface area contributed by atoms with E-state index >= 15 is 0 Å². The molecular formula is C12H19N. The molecule has 1 heteroatoms. The van der Waals surface area contributed by atoms with Crippen molar-refractivity contribution in [1.82, 2.24) is 0 Å². The highest BCUT2D eigenvalue weighted by molar-refractivity contribution is 5.18. The van der Waals surface area contributed by atoms with Gasteiger partial charge in [-0.1, -0.05) is 50.6 Å². The number of hydrogen-bond donors (Lipinski definition) is 1. The maximum atomic E-state index is 6.07. The van der Waals surface area contributed by atoms with Crippen LogP contribution in [0.1, 0.15) is 38.3 Å². The molecule has 2 N–H and O–H groups in total. The van der Waals surface area contributed by atoms with E-state index in [4.69, 9.17) is 5.73 Å². The summed E-state index contributed by atoms with van der Waals surface area (Å²) in [5.41, 5.74) is 7.32. The molecule has 1 nitrogen and oxygen atoms in total. The molecule has 72 valence electrons. The molecule has 0 aliphatic carbocycles. The van der Waals surface area contributed by atoms with Gasteiger partial charge in [0.25, 0.3) is 0 Å². The number of rotatable bonds is 4. The predicted molar refractivity (Wildman–Crippen MR) is 57.4 cm³/mol. The lowest BCUT2D eigenvalue weighted by Gasteiger charge is -2.15. The van der Waals surface area contributed by atoms with Crippen LogP contribution in [0.2, 0.25) is 0 Å². The van der Waals surface area contributed by atoms with Gasteiger partial charge >= 0.3 is 0 Å². The second kappa shape index (κ2) is 5.03. The maximum Gasteiger partial charge on any atom is 0.0297 e. The van der Waals surface area contributed by atoms with E-state index in [1.165, 1.54) is 12.0 Å². The summed E-state index contributed by atoms with van der Waals surface area (Å²) in [6.07, 6.45) is 2.29. The molecule has 0 heterocycles. The summed E-state index contributed by atoms with van der Waals surface area (Å²) in [5.74, 6) is 0.718. The summed E-state index contributed by atoms with van der Waals surface area (Å²) >= 11 is 0. The Morgan fingerprint density at radius 3 is 2.38 bits per heavy atom. The van der Waals surface area contributed by atoms with E-state index in [0.717, 1.165) is 12.3 Å². The minimum Gasteiger partial charge on any atom is -0.324 e. The van der Waals surface area contributed by atoms with Crippen LogP contribution in [0.5, 0.6) is 0 Å². The fraction of sp³-hybridized carbons (Fsp3) is 0.500. The molecule has 0 bridgehead atoms. The third-order valence-corrected chi connectivity index (χ3v) is 2.58. The first kappa shape index (κ1) is 10.3.